The van der Waals surface area contributed by atoms with Crippen molar-refractivity contribution >= 4 is 17.3 Å². The first-order valence-corrected chi connectivity index (χ1v) is 5.82. The second-order valence-electron chi connectivity index (χ2n) is 3.87. The van der Waals surface area contributed by atoms with Crippen LogP contribution in [0.25, 0.3) is 0 Å². The molecule has 1 aromatic rings. The normalized spacial score (nSPS) is 12.1. The summed E-state index contributed by atoms with van der Waals surface area (Å²) in [5.74, 6) is -2.22. The molecule has 0 heterocycles. The van der Waals surface area contributed by atoms with E-state index in [9.17, 15) is 18.0 Å². The van der Waals surface area contributed by atoms with Crippen LogP contribution in [0, 0.1) is 5.82 Å². The molecule has 112 valence electrons. The summed E-state index contributed by atoms with van der Waals surface area (Å²) in [6.45, 7) is 0.173. The molecule has 0 aromatic heterocycles. The van der Waals surface area contributed by atoms with Gasteiger partial charge in [0.15, 0.2) is 11.6 Å². The fraction of sp³-hybridized carbons (Fsp3) is 0.417. The van der Waals surface area contributed by atoms with Crippen LogP contribution < -0.4 is 15.8 Å². The smallest absolute Gasteiger partial charge is 0.387 e. The van der Waals surface area contributed by atoms with Crippen LogP contribution in [-0.4, -0.2) is 25.2 Å². The van der Waals surface area contributed by atoms with Crippen LogP contribution in [0.5, 0.6) is 5.75 Å². The van der Waals surface area contributed by atoms with Gasteiger partial charge in [0, 0.05) is 12.1 Å². The zero-order valence-electron chi connectivity index (χ0n) is 11.0. The fourth-order valence-electron chi connectivity index (χ4n) is 1.44. The van der Waals surface area contributed by atoms with Crippen molar-refractivity contribution < 1.29 is 27.4 Å². The van der Waals surface area contributed by atoms with Crippen molar-refractivity contribution in [2.24, 2.45) is 0 Å². The van der Waals surface area contributed by atoms with Crippen molar-refractivity contribution in [1.29, 1.82) is 0 Å². The number of esters is 1. The van der Waals surface area contributed by atoms with E-state index >= 15 is 0 Å². The number of halogens is 3. The molecule has 1 unspecified atom stereocenters. The van der Waals surface area contributed by atoms with Gasteiger partial charge in [0.05, 0.1) is 18.0 Å². The number of benzene rings is 1. The number of nitrogen functional groups attached to an aromatic ring is 1. The average Bonchev–Trinajstić information content (AvgIpc) is 2.34. The number of anilines is 2. The van der Waals surface area contributed by atoms with E-state index in [1.54, 1.807) is 6.92 Å². The molecule has 8 heteroatoms. The SMILES string of the molecule is CCOC(=O)C(C)Nc1cc(OC(F)F)c(F)cc1N. The number of alkyl halides is 2. The Balaban J connectivity index is 2.91. The van der Waals surface area contributed by atoms with Crippen LogP contribution in [0.3, 0.4) is 0 Å². The first-order valence-electron chi connectivity index (χ1n) is 5.82. The Hall–Kier alpha value is -2.12. The minimum Gasteiger partial charge on any atom is -0.464 e. The molecule has 0 aliphatic rings. The third-order valence-corrected chi connectivity index (χ3v) is 2.33. The highest BCUT2D eigenvalue weighted by Crippen LogP contribution is 2.29. The lowest BCUT2D eigenvalue weighted by Gasteiger charge is -2.17. The maximum absolute atomic E-state index is 13.3. The number of hydrogen-bond donors (Lipinski definition) is 2. The highest BCUT2D eigenvalue weighted by Gasteiger charge is 2.18. The van der Waals surface area contributed by atoms with Crippen LogP contribution in [0.4, 0.5) is 24.5 Å². The van der Waals surface area contributed by atoms with Crippen molar-refractivity contribution in [1.82, 2.24) is 0 Å². The molecule has 0 amide bonds. The van der Waals surface area contributed by atoms with Gasteiger partial charge < -0.3 is 20.5 Å². The molecule has 0 saturated heterocycles. The highest BCUT2D eigenvalue weighted by molar-refractivity contribution is 5.81. The minimum atomic E-state index is -3.16. The van der Waals surface area contributed by atoms with Crippen molar-refractivity contribution in [2.75, 3.05) is 17.7 Å². The molecule has 20 heavy (non-hydrogen) atoms. The van der Waals surface area contributed by atoms with E-state index in [2.05, 4.69) is 10.1 Å². The summed E-state index contributed by atoms with van der Waals surface area (Å²) in [6, 6.07) is 1.02. The van der Waals surface area contributed by atoms with E-state index in [1.165, 1.54) is 6.92 Å². The van der Waals surface area contributed by atoms with Gasteiger partial charge in [-0.05, 0) is 13.8 Å². The number of carbonyl (C=O) groups is 1. The maximum atomic E-state index is 13.3. The lowest BCUT2D eigenvalue weighted by molar-refractivity contribution is -0.143. The summed E-state index contributed by atoms with van der Waals surface area (Å²) in [4.78, 5) is 11.4. The summed E-state index contributed by atoms with van der Waals surface area (Å²) in [5, 5.41) is 2.64. The molecule has 0 radical (unpaired) electrons. The quantitative estimate of drug-likeness (QED) is 0.622. The summed E-state index contributed by atoms with van der Waals surface area (Å²) in [5.41, 5.74) is 5.60. The molecule has 0 spiro atoms. The zero-order valence-corrected chi connectivity index (χ0v) is 11.0. The Morgan fingerprint density at radius 1 is 1.45 bits per heavy atom. The molecule has 1 rings (SSSR count). The van der Waals surface area contributed by atoms with Gasteiger partial charge in [-0.25, -0.2) is 9.18 Å². The summed E-state index contributed by atoms with van der Waals surface area (Å²) >= 11 is 0. The van der Waals surface area contributed by atoms with E-state index in [0.29, 0.717) is 0 Å². The van der Waals surface area contributed by atoms with Gasteiger partial charge in [0.25, 0.3) is 0 Å². The lowest BCUT2D eigenvalue weighted by atomic mass is 10.2. The second kappa shape index (κ2) is 6.88. The molecule has 1 atom stereocenters. The molecular weight excluding hydrogens is 277 g/mol. The molecule has 0 aliphatic carbocycles. The topological polar surface area (TPSA) is 73.6 Å². The van der Waals surface area contributed by atoms with E-state index in [0.717, 1.165) is 12.1 Å². The molecule has 0 aliphatic heterocycles. The molecule has 0 fully saturated rings. The predicted octanol–water partition coefficient (Wildman–Crippen LogP) is 2.37. The zero-order chi connectivity index (χ0) is 15.3. The van der Waals surface area contributed by atoms with Crippen LogP contribution in [0.1, 0.15) is 13.8 Å². The van der Waals surface area contributed by atoms with Gasteiger partial charge in [0.1, 0.15) is 6.04 Å². The molecule has 0 bridgehead atoms. The largest absolute Gasteiger partial charge is 0.464 e. The average molecular weight is 292 g/mol. The van der Waals surface area contributed by atoms with E-state index in [4.69, 9.17) is 10.5 Å². The van der Waals surface area contributed by atoms with Crippen LogP contribution in [0.2, 0.25) is 0 Å². The van der Waals surface area contributed by atoms with Crippen molar-refractivity contribution in [3.05, 3.63) is 17.9 Å². The summed E-state index contributed by atoms with van der Waals surface area (Å²) < 4.78 is 46.3. The maximum Gasteiger partial charge on any atom is 0.387 e. The van der Waals surface area contributed by atoms with E-state index in [1.807, 2.05) is 0 Å². The Kier molecular flexibility index (Phi) is 5.48. The first-order chi connectivity index (χ1) is 9.35. The molecule has 3 N–H and O–H groups in total. The number of ether oxygens (including phenoxy) is 2. The van der Waals surface area contributed by atoms with Crippen LogP contribution in [-0.2, 0) is 9.53 Å². The van der Waals surface area contributed by atoms with Crippen LogP contribution >= 0.6 is 0 Å². The summed E-state index contributed by atoms with van der Waals surface area (Å²) in [6.07, 6.45) is 0. The number of nitrogens with two attached hydrogens (primary N) is 1. The number of carbonyl (C=O) groups excluding carboxylic acids is 1. The second-order valence-corrected chi connectivity index (χ2v) is 3.87. The monoisotopic (exact) mass is 292 g/mol. The Morgan fingerprint density at radius 2 is 2.10 bits per heavy atom. The van der Waals surface area contributed by atoms with Gasteiger partial charge in [-0.2, -0.15) is 8.78 Å². The van der Waals surface area contributed by atoms with Gasteiger partial charge >= 0.3 is 12.6 Å². The Labute approximate surface area is 113 Å². The predicted molar refractivity (Wildman–Crippen MR) is 67.2 cm³/mol. The van der Waals surface area contributed by atoms with Crippen molar-refractivity contribution in [3.63, 3.8) is 0 Å². The molecular formula is C12H15F3N2O3. The standard InChI is InChI=1S/C12H15F3N2O3/c1-3-19-11(18)6(2)17-9-5-10(20-12(14)15)7(13)4-8(9)16/h4-6,12,17H,3,16H2,1-2H3. The van der Waals surface area contributed by atoms with Crippen molar-refractivity contribution in [3.8, 4) is 5.75 Å². The van der Waals surface area contributed by atoms with Gasteiger partial charge in [0.2, 0.25) is 0 Å². The molecule has 5 nitrogen and oxygen atoms in total. The molecule has 1 aromatic carbocycles. The third kappa shape index (κ3) is 4.22. The third-order valence-electron chi connectivity index (χ3n) is 2.33. The Bertz CT molecular complexity index is 483. The number of hydrogen-bond acceptors (Lipinski definition) is 5. The van der Waals surface area contributed by atoms with E-state index in [-0.39, 0.29) is 18.0 Å². The Morgan fingerprint density at radius 3 is 2.65 bits per heavy atom. The number of nitrogens with one attached hydrogen (secondary N) is 1. The van der Waals surface area contributed by atoms with Gasteiger partial charge in [-0.15, -0.1) is 0 Å². The number of rotatable bonds is 6. The summed E-state index contributed by atoms with van der Waals surface area (Å²) in [7, 11) is 0. The highest BCUT2D eigenvalue weighted by atomic mass is 19.3. The lowest BCUT2D eigenvalue weighted by Crippen LogP contribution is -2.28. The minimum absolute atomic E-state index is 0.0414. The fourth-order valence-corrected chi connectivity index (χ4v) is 1.44. The van der Waals surface area contributed by atoms with Crippen LogP contribution in [0.15, 0.2) is 12.1 Å². The van der Waals surface area contributed by atoms with Crippen molar-refractivity contribution in [2.45, 2.75) is 26.5 Å². The van der Waals surface area contributed by atoms with Gasteiger partial charge in [-0.1, -0.05) is 0 Å². The first kappa shape index (κ1) is 15.9. The van der Waals surface area contributed by atoms with Gasteiger partial charge in [-0.3, -0.25) is 0 Å². The molecule has 0 saturated carbocycles. The van der Waals surface area contributed by atoms with E-state index < -0.39 is 30.2 Å².